The number of hydrogen-bond donors (Lipinski definition) is 0. The second-order valence-electron chi connectivity index (χ2n) is 3.84. The molecule has 2 heteroatoms. The number of hydrogen-bond acceptors (Lipinski definition) is 1. The molecule has 0 aliphatic heterocycles. The fourth-order valence-electron chi connectivity index (χ4n) is 1.43. The molecule has 0 fully saturated rings. The van der Waals surface area contributed by atoms with Crippen LogP contribution in [0.2, 0.25) is 0 Å². The molecule has 84 valence electrons. The highest BCUT2D eigenvalue weighted by molar-refractivity contribution is 5.28. The van der Waals surface area contributed by atoms with Gasteiger partial charge in [-0.1, -0.05) is 32.3 Å². The predicted octanol–water partition coefficient (Wildman–Crippen LogP) is 4.09. The van der Waals surface area contributed by atoms with Gasteiger partial charge in [0.1, 0.15) is 0 Å². The molecule has 0 aliphatic rings. The van der Waals surface area contributed by atoms with Gasteiger partial charge in [0, 0.05) is 0 Å². The van der Waals surface area contributed by atoms with Crippen molar-refractivity contribution < 1.29 is 9.13 Å². The molecule has 0 atom stereocenters. The van der Waals surface area contributed by atoms with Crippen molar-refractivity contribution in [1.29, 1.82) is 0 Å². The summed E-state index contributed by atoms with van der Waals surface area (Å²) in [6.45, 7) is 4.65. The average molecular weight is 210 g/mol. The van der Waals surface area contributed by atoms with Crippen LogP contribution in [0.5, 0.6) is 5.75 Å². The summed E-state index contributed by atoms with van der Waals surface area (Å²) in [4.78, 5) is 0. The normalized spacial score (nSPS) is 10.3. The minimum atomic E-state index is -0.259. The topological polar surface area (TPSA) is 9.23 Å². The Labute approximate surface area is 91.3 Å². The van der Waals surface area contributed by atoms with Gasteiger partial charge in [-0.15, -0.1) is 0 Å². The minimum absolute atomic E-state index is 0.259. The Balaban J connectivity index is 2.31. The molecule has 0 aliphatic carbocycles. The van der Waals surface area contributed by atoms with Crippen molar-refractivity contribution in [2.75, 3.05) is 6.61 Å². The third-order valence-electron chi connectivity index (χ3n) is 2.34. The lowest BCUT2D eigenvalue weighted by Gasteiger charge is -2.07. The molecule has 0 saturated heterocycles. The Kier molecular flexibility index (Phi) is 5.16. The zero-order chi connectivity index (χ0) is 11.1. The third-order valence-corrected chi connectivity index (χ3v) is 2.34. The molecule has 1 aromatic rings. The lowest BCUT2D eigenvalue weighted by atomic mass is 10.2. The molecule has 0 amide bonds. The summed E-state index contributed by atoms with van der Waals surface area (Å²) < 4.78 is 18.7. The quantitative estimate of drug-likeness (QED) is 0.642. The molecule has 0 radical (unpaired) electrons. The Morgan fingerprint density at radius 1 is 1.20 bits per heavy atom. The lowest BCUT2D eigenvalue weighted by Crippen LogP contribution is -1.99. The number of halogens is 1. The third kappa shape index (κ3) is 4.32. The number of benzene rings is 1. The van der Waals surface area contributed by atoms with E-state index in [1.807, 2.05) is 13.0 Å². The molecule has 0 heterocycles. The van der Waals surface area contributed by atoms with Crippen LogP contribution < -0.4 is 4.74 Å². The predicted molar refractivity (Wildman–Crippen MR) is 60.8 cm³/mol. The molecular formula is C13H19FO. The summed E-state index contributed by atoms with van der Waals surface area (Å²) in [5.74, 6) is 0.114. The van der Waals surface area contributed by atoms with Crippen molar-refractivity contribution in [3.63, 3.8) is 0 Å². The zero-order valence-corrected chi connectivity index (χ0v) is 9.55. The van der Waals surface area contributed by atoms with Crippen LogP contribution >= 0.6 is 0 Å². The van der Waals surface area contributed by atoms with Gasteiger partial charge in [0.2, 0.25) is 0 Å². The van der Waals surface area contributed by atoms with Crippen LogP contribution in [-0.2, 0) is 0 Å². The van der Waals surface area contributed by atoms with E-state index in [2.05, 4.69) is 6.92 Å². The maximum Gasteiger partial charge on any atom is 0.165 e. The summed E-state index contributed by atoms with van der Waals surface area (Å²) >= 11 is 0. The summed E-state index contributed by atoms with van der Waals surface area (Å²) in [6, 6.07) is 5.07. The van der Waals surface area contributed by atoms with Crippen LogP contribution in [0.15, 0.2) is 18.2 Å². The van der Waals surface area contributed by atoms with E-state index in [0.717, 1.165) is 18.4 Å². The molecule has 0 bridgehead atoms. The van der Waals surface area contributed by atoms with Crippen LogP contribution in [-0.4, -0.2) is 6.61 Å². The summed E-state index contributed by atoms with van der Waals surface area (Å²) in [5, 5.41) is 0. The van der Waals surface area contributed by atoms with Crippen LogP contribution in [0.3, 0.4) is 0 Å². The van der Waals surface area contributed by atoms with E-state index in [0.29, 0.717) is 12.4 Å². The Morgan fingerprint density at radius 3 is 2.67 bits per heavy atom. The van der Waals surface area contributed by atoms with E-state index in [1.165, 1.54) is 18.9 Å². The molecule has 1 rings (SSSR count). The summed E-state index contributed by atoms with van der Waals surface area (Å²) in [6.07, 6.45) is 4.59. The molecular weight excluding hydrogens is 191 g/mol. The SMILES string of the molecule is CCCCCCOc1ccc(C)cc1F. The van der Waals surface area contributed by atoms with E-state index in [9.17, 15) is 4.39 Å². The number of rotatable bonds is 6. The fourth-order valence-corrected chi connectivity index (χ4v) is 1.43. The molecule has 0 aromatic heterocycles. The van der Waals surface area contributed by atoms with E-state index in [4.69, 9.17) is 4.74 Å². The first-order chi connectivity index (χ1) is 7.24. The molecule has 1 aromatic carbocycles. The van der Waals surface area contributed by atoms with E-state index in [1.54, 1.807) is 6.07 Å². The first-order valence-electron chi connectivity index (χ1n) is 5.63. The highest BCUT2D eigenvalue weighted by Gasteiger charge is 2.02. The lowest BCUT2D eigenvalue weighted by molar-refractivity contribution is 0.290. The van der Waals surface area contributed by atoms with Gasteiger partial charge in [-0.25, -0.2) is 4.39 Å². The first kappa shape index (κ1) is 12.0. The fraction of sp³-hybridized carbons (Fsp3) is 0.538. The monoisotopic (exact) mass is 210 g/mol. The van der Waals surface area contributed by atoms with Gasteiger partial charge in [0.05, 0.1) is 6.61 Å². The first-order valence-corrected chi connectivity index (χ1v) is 5.63. The minimum Gasteiger partial charge on any atom is -0.491 e. The van der Waals surface area contributed by atoms with Crippen LogP contribution in [0, 0.1) is 12.7 Å². The van der Waals surface area contributed by atoms with Gasteiger partial charge >= 0.3 is 0 Å². The van der Waals surface area contributed by atoms with Crippen molar-refractivity contribution in [3.05, 3.63) is 29.6 Å². The molecule has 0 spiro atoms. The number of unbranched alkanes of at least 4 members (excludes halogenated alkanes) is 3. The second kappa shape index (κ2) is 6.44. The molecule has 1 nitrogen and oxygen atoms in total. The van der Waals surface area contributed by atoms with Crippen molar-refractivity contribution in [3.8, 4) is 5.75 Å². The van der Waals surface area contributed by atoms with Gasteiger partial charge in [-0.05, 0) is 31.0 Å². The Bertz CT molecular complexity index is 297. The second-order valence-corrected chi connectivity index (χ2v) is 3.84. The van der Waals surface area contributed by atoms with Gasteiger partial charge in [0.15, 0.2) is 11.6 Å². The number of ether oxygens (including phenoxy) is 1. The standard InChI is InChI=1S/C13H19FO/c1-3-4-5-6-9-15-13-8-7-11(2)10-12(13)14/h7-8,10H,3-6,9H2,1-2H3. The molecule has 15 heavy (non-hydrogen) atoms. The largest absolute Gasteiger partial charge is 0.491 e. The highest BCUT2D eigenvalue weighted by Crippen LogP contribution is 2.18. The van der Waals surface area contributed by atoms with Gasteiger partial charge in [-0.3, -0.25) is 0 Å². The van der Waals surface area contributed by atoms with Crippen molar-refractivity contribution >= 4 is 0 Å². The van der Waals surface area contributed by atoms with Crippen molar-refractivity contribution in [2.45, 2.75) is 39.5 Å². The van der Waals surface area contributed by atoms with Crippen LogP contribution in [0.4, 0.5) is 4.39 Å². The Morgan fingerprint density at radius 2 is 2.00 bits per heavy atom. The van der Waals surface area contributed by atoms with Crippen LogP contribution in [0.1, 0.15) is 38.2 Å². The van der Waals surface area contributed by atoms with E-state index >= 15 is 0 Å². The summed E-state index contributed by atoms with van der Waals surface area (Å²) in [7, 11) is 0. The Hall–Kier alpha value is -1.05. The van der Waals surface area contributed by atoms with Gasteiger partial charge in [0.25, 0.3) is 0 Å². The average Bonchev–Trinajstić information content (AvgIpc) is 2.20. The smallest absolute Gasteiger partial charge is 0.165 e. The highest BCUT2D eigenvalue weighted by atomic mass is 19.1. The zero-order valence-electron chi connectivity index (χ0n) is 9.55. The molecule has 0 saturated carbocycles. The maximum absolute atomic E-state index is 13.3. The maximum atomic E-state index is 13.3. The van der Waals surface area contributed by atoms with Crippen molar-refractivity contribution in [1.82, 2.24) is 0 Å². The van der Waals surface area contributed by atoms with E-state index < -0.39 is 0 Å². The van der Waals surface area contributed by atoms with E-state index in [-0.39, 0.29) is 5.82 Å². The summed E-state index contributed by atoms with van der Waals surface area (Å²) in [5.41, 5.74) is 0.922. The molecule has 0 N–H and O–H groups in total. The number of aryl methyl sites for hydroxylation is 1. The van der Waals surface area contributed by atoms with Crippen molar-refractivity contribution in [2.24, 2.45) is 0 Å². The van der Waals surface area contributed by atoms with Gasteiger partial charge < -0.3 is 4.74 Å². The van der Waals surface area contributed by atoms with Gasteiger partial charge in [-0.2, -0.15) is 0 Å². The van der Waals surface area contributed by atoms with Crippen LogP contribution in [0.25, 0.3) is 0 Å². The molecule has 0 unspecified atom stereocenters.